The first kappa shape index (κ1) is 10.7. The molecule has 0 aliphatic carbocycles. The van der Waals surface area contributed by atoms with Gasteiger partial charge in [-0.2, -0.15) is 0 Å². The Labute approximate surface area is 93.6 Å². The quantitative estimate of drug-likeness (QED) is 0.733. The molecule has 0 aromatic heterocycles. The molecule has 0 atom stereocenters. The smallest absolute Gasteiger partial charge is 0.237 e. The Kier molecular flexibility index (Phi) is 2.22. The fourth-order valence-corrected chi connectivity index (χ4v) is 1.67. The van der Waals surface area contributed by atoms with Crippen LogP contribution in [0.5, 0.6) is 5.75 Å². The summed E-state index contributed by atoms with van der Waals surface area (Å²) in [5.41, 5.74) is 0.0563. The number of fused-ring (bicyclic) bond motifs is 1. The van der Waals surface area contributed by atoms with Gasteiger partial charge in [0.25, 0.3) is 0 Å². The van der Waals surface area contributed by atoms with E-state index >= 15 is 0 Å². The minimum Gasteiger partial charge on any atom is -0.497 e. The third-order valence-corrected chi connectivity index (χ3v) is 2.85. The van der Waals surface area contributed by atoms with Gasteiger partial charge in [0, 0.05) is 11.6 Å². The van der Waals surface area contributed by atoms with E-state index in [1.165, 1.54) is 7.11 Å². The molecule has 1 aromatic carbocycles. The summed E-state index contributed by atoms with van der Waals surface area (Å²) in [6.45, 7) is 3.25. The summed E-state index contributed by atoms with van der Waals surface area (Å²) in [4.78, 5) is 23.8. The molecule has 2 rings (SSSR count). The minimum absolute atomic E-state index is 0.158. The number of benzene rings is 1. The van der Waals surface area contributed by atoms with Crippen molar-refractivity contribution in [3.05, 3.63) is 23.8 Å². The maximum absolute atomic E-state index is 12.0. The topological polar surface area (TPSA) is 55.4 Å². The number of methoxy groups -OCH3 is 1. The summed E-state index contributed by atoms with van der Waals surface area (Å²) in [7, 11) is 1.54. The van der Waals surface area contributed by atoms with Crippen LogP contribution in [0.4, 0.5) is 5.69 Å². The van der Waals surface area contributed by atoms with Crippen molar-refractivity contribution in [3.8, 4) is 5.75 Å². The van der Waals surface area contributed by atoms with E-state index in [2.05, 4.69) is 5.32 Å². The van der Waals surface area contributed by atoms with Gasteiger partial charge in [0.2, 0.25) is 5.91 Å². The summed E-state index contributed by atoms with van der Waals surface area (Å²) >= 11 is 0. The zero-order valence-corrected chi connectivity index (χ0v) is 9.46. The molecule has 1 N–H and O–H groups in total. The average molecular weight is 219 g/mol. The second-order valence-electron chi connectivity index (χ2n) is 4.32. The predicted octanol–water partition coefficient (Wildman–Crippen LogP) is 1.86. The monoisotopic (exact) mass is 219 g/mol. The minimum atomic E-state index is -0.998. The number of amides is 1. The fourth-order valence-electron chi connectivity index (χ4n) is 1.67. The molecule has 0 fully saturated rings. The van der Waals surface area contributed by atoms with E-state index in [1.54, 1.807) is 32.0 Å². The van der Waals surface area contributed by atoms with Gasteiger partial charge in [-0.25, -0.2) is 0 Å². The zero-order valence-electron chi connectivity index (χ0n) is 9.46. The number of hydrogen-bond acceptors (Lipinski definition) is 3. The lowest BCUT2D eigenvalue weighted by atomic mass is 9.80. The van der Waals surface area contributed by atoms with E-state index in [0.717, 1.165) is 0 Å². The van der Waals surface area contributed by atoms with E-state index in [0.29, 0.717) is 17.0 Å². The van der Waals surface area contributed by atoms with Crippen LogP contribution in [-0.4, -0.2) is 18.8 Å². The van der Waals surface area contributed by atoms with Gasteiger partial charge in [0.15, 0.2) is 5.78 Å². The van der Waals surface area contributed by atoms with Crippen LogP contribution < -0.4 is 10.1 Å². The first-order valence-electron chi connectivity index (χ1n) is 5.01. The molecule has 16 heavy (non-hydrogen) atoms. The number of carbonyl (C=O) groups is 2. The van der Waals surface area contributed by atoms with E-state index in [1.807, 2.05) is 0 Å². The number of Topliss-reactive ketones (excluding diaryl/α,β-unsaturated/α-hetero) is 1. The van der Waals surface area contributed by atoms with Gasteiger partial charge in [0.1, 0.15) is 11.2 Å². The molecule has 1 aliphatic heterocycles. The Hall–Kier alpha value is -1.84. The standard InChI is InChI=1S/C12H13NO3/c1-12(2)10(14)8-5-4-7(16-3)6-9(8)13-11(12)15/h4-6H,1-3H3,(H,13,15). The van der Waals surface area contributed by atoms with Crippen LogP contribution in [0.15, 0.2) is 18.2 Å². The number of ketones is 1. The summed E-state index contributed by atoms with van der Waals surface area (Å²) in [6.07, 6.45) is 0. The molecule has 0 radical (unpaired) electrons. The summed E-state index contributed by atoms with van der Waals surface area (Å²) in [5.74, 6) is 0.179. The van der Waals surface area contributed by atoms with Crippen molar-refractivity contribution in [1.82, 2.24) is 0 Å². The van der Waals surface area contributed by atoms with Crippen molar-refractivity contribution in [2.45, 2.75) is 13.8 Å². The van der Waals surface area contributed by atoms with Crippen molar-refractivity contribution in [2.24, 2.45) is 5.41 Å². The highest BCUT2D eigenvalue weighted by molar-refractivity contribution is 6.23. The third-order valence-electron chi connectivity index (χ3n) is 2.85. The van der Waals surface area contributed by atoms with Gasteiger partial charge in [-0.1, -0.05) is 0 Å². The maximum atomic E-state index is 12.0. The first-order valence-corrected chi connectivity index (χ1v) is 5.01. The Bertz CT molecular complexity index is 477. The molecule has 1 amide bonds. The van der Waals surface area contributed by atoms with Gasteiger partial charge in [-0.05, 0) is 26.0 Å². The van der Waals surface area contributed by atoms with Crippen molar-refractivity contribution < 1.29 is 14.3 Å². The lowest BCUT2D eigenvalue weighted by molar-refractivity contribution is -0.122. The van der Waals surface area contributed by atoms with Crippen LogP contribution in [-0.2, 0) is 4.79 Å². The second kappa shape index (κ2) is 3.33. The van der Waals surface area contributed by atoms with Crippen molar-refractivity contribution in [1.29, 1.82) is 0 Å². The number of ether oxygens (including phenoxy) is 1. The van der Waals surface area contributed by atoms with Gasteiger partial charge in [-0.3, -0.25) is 9.59 Å². The largest absolute Gasteiger partial charge is 0.497 e. The predicted molar refractivity (Wildman–Crippen MR) is 59.7 cm³/mol. The number of nitrogens with one attached hydrogen (secondary N) is 1. The number of carbonyl (C=O) groups excluding carboxylic acids is 2. The van der Waals surface area contributed by atoms with Gasteiger partial charge >= 0.3 is 0 Å². The molecule has 4 nitrogen and oxygen atoms in total. The van der Waals surface area contributed by atoms with Gasteiger partial charge in [-0.15, -0.1) is 0 Å². The highest BCUT2D eigenvalue weighted by atomic mass is 16.5. The molecule has 0 saturated carbocycles. The molecule has 0 saturated heterocycles. The molecule has 0 bridgehead atoms. The van der Waals surface area contributed by atoms with Crippen LogP contribution >= 0.6 is 0 Å². The molecule has 0 spiro atoms. The van der Waals surface area contributed by atoms with E-state index in [-0.39, 0.29) is 11.7 Å². The van der Waals surface area contributed by atoms with Gasteiger partial charge in [0.05, 0.1) is 12.8 Å². The second-order valence-corrected chi connectivity index (χ2v) is 4.32. The van der Waals surface area contributed by atoms with Crippen LogP contribution in [0.1, 0.15) is 24.2 Å². The Morgan fingerprint density at radius 1 is 1.25 bits per heavy atom. The normalized spacial score (nSPS) is 17.7. The number of anilines is 1. The number of rotatable bonds is 1. The van der Waals surface area contributed by atoms with Crippen molar-refractivity contribution in [3.63, 3.8) is 0 Å². The summed E-state index contributed by atoms with van der Waals surface area (Å²) < 4.78 is 5.04. The van der Waals surface area contributed by atoms with E-state index in [4.69, 9.17) is 4.74 Å². The SMILES string of the molecule is COc1ccc2c(c1)NC(=O)C(C)(C)C2=O. The van der Waals surface area contributed by atoms with Crippen LogP contribution in [0, 0.1) is 5.41 Å². The van der Waals surface area contributed by atoms with Crippen LogP contribution in [0.3, 0.4) is 0 Å². The molecule has 4 heteroatoms. The zero-order chi connectivity index (χ0) is 11.9. The van der Waals surface area contributed by atoms with Crippen molar-refractivity contribution in [2.75, 3.05) is 12.4 Å². The van der Waals surface area contributed by atoms with Crippen LogP contribution in [0.2, 0.25) is 0 Å². The molecule has 1 aliphatic rings. The Morgan fingerprint density at radius 3 is 2.56 bits per heavy atom. The Morgan fingerprint density at radius 2 is 1.94 bits per heavy atom. The molecular weight excluding hydrogens is 206 g/mol. The molecule has 0 unspecified atom stereocenters. The lowest BCUT2D eigenvalue weighted by Crippen LogP contribution is -2.42. The summed E-state index contributed by atoms with van der Waals surface area (Å²) in [6, 6.07) is 5.04. The molecule has 84 valence electrons. The summed E-state index contributed by atoms with van der Waals surface area (Å²) in [5, 5.41) is 2.72. The highest BCUT2D eigenvalue weighted by Gasteiger charge is 2.41. The molecule has 1 heterocycles. The van der Waals surface area contributed by atoms with Gasteiger partial charge < -0.3 is 10.1 Å². The third kappa shape index (κ3) is 1.38. The maximum Gasteiger partial charge on any atom is 0.237 e. The Balaban J connectivity index is 2.55. The lowest BCUT2D eigenvalue weighted by Gasteiger charge is -2.29. The molecule has 1 aromatic rings. The van der Waals surface area contributed by atoms with Crippen LogP contribution in [0.25, 0.3) is 0 Å². The first-order chi connectivity index (χ1) is 7.46. The highest BCUT2D eigenvalue weighted by Crippen LogP contribution is 2.34. The van der Waals surface area contributed by atoms with Crippen molar-refractivity contribution >= 4 is 17.4 Å². The fraction of sp³-hybridized carbons (Fsp3) is 0.333. The molecular formula is C12H13NO3. The van der Waals surface area contributed by atoms with E-state index in [9.17, 15) is 9.59 Å². The average Bonchev–Trinajstić information content (AvgIpc) is 2.26. The van der Waals surface area contributed by atoms with E-state index < -0.39 is 5.41 Å². The number of hydrogen-bond donors (Lipinski definition) is 1.